The normalized spacial score (nSPS) is 16.2. The van der Waals surface area contributed by atoms with Crippen molar-refractivity contribution in [3.05, 3.63) is 28.1 Å². The number of ketones is 1. The number of hydrogen-bond donors (Lipinski definition) is 2. The largest absolute Gasteiger partial charge is 0.353 e. The number of aromatic amines is 1. The van der Waals surface area contributed by atoms with Crippen molar-refractivity contribution in [1.29, 1.82) is 0 Å². The van der Waals surface area contributed by atoms with E-state index in [1.165, 1.54) is 4.90 Å². The van der Waals surface area contributed by atoms with Crippen LogP contribution in [0.25, 0.3) is 0 Å². The highest BCUT2D eigenvalue weighted by atomic mass is 16.6. The average Bonchev–Trinajstić information content (AvgIpc) is 2.76. The number of nitro groups is 1. The number of imide groups is 1. The van der Waals surface area contributed by atoms with Crippen molar-refractivity contribution in [3.63, 3.8) is 0 Å². The number of nitrogens with zero attached hydrogens (tertiary/aromatic N) is 2. The second kappa shape index (κ2) is 4.98. The molecule has 2 heterocycles. The van der Waals surface area contributed by atoms with E-state index in [9.17, 15) is 24.5 Å². The minimum atomic E-state index is -0.620. The molecule has 0 saturated carbocycles. The molecule has 1 aliphatic heterocycles. The van der Waals surface area contributed by atoms with Gasteiger partial charge in [0.2, 0.25) is 11.8 Å². The van der Waals surface area contributed by atoms with E-state index in [1.807, 2.05) is 0 Å². The minimum absolute atomic E-state index is 0.0553. The predicted octanol–water partition coefficient (Wildman–Crippen LogP) is -0.936. The molecule has 0 spiro atoms. The van der Waals surface area contributed by atoms with Crippen LogP contribution in [-0.2, 0) is 9.59 Å². The van der Waals surface area contributed by atoms with Gasteiger partial charge in [0, 0.05) is 6.07 Å². The number of rotatable bonds is 4. The predicted molar refractivity (Wildman–Crippen MR) is 61.4 cm³/mol. The van der Waals surface area contributed by atoms with Crippen molar-refractivity contribution in [2.24, 2.45) is 0 Å². The number of aromatic nitrogens is 1. The Balaban J connectivity index is 2.02. The maximum Gasteiger partial charge on any atom is 0.287 e. The first-order valence-corrected chi connectivity index (χ1v) is 5.37. The molecule has 0 aliphatic carbocycles. The summed E-state index contributed by atoms with van der Waals surface area (Å²) in [6.45, 7) is -0.266. The van der Waals surface area contributed by atoms with Gasteiger partial charge in [0.1, 0.15) is 0 Å². The maximum absolute atomic E-state index is 11.8. The maximum atomic E-state index is 11.8. The van der Waals surface area contributed by atoms with Gasteiger partial charge in [0.25, 0.3) is 5.69 Å². The average molecular weight is 266 g/mol. The third-order valence-electron chi connectivity index (χ3n) is 2.56. The number of Topliss-reactive ketones (excluding diaryl/α,β-unsaturated/α-hetero) is 1. The molecule has 2 rings (SSSR count). The molecule has 0 radical (unpaired) electrons. The molecule has 1 saturated heterocycles. The van der Waals surface area contributed by atoms with Crippen LogP contribution in [0, 0.1) is 10.1 Å². The van der Waals surface area contributed by atoms with Crippen LogP contribution in [0.15, 0.2) is 12.3 Å². The van der Waals surface area contributed by atoms with Crippen LogP contribution in [0.3, 0.4) is 0 Å². The molecule has 9 heteroatoms. The molecule has 0 aromatic carbocycles. The highest BCUT2D eigenvalue weighted by molar-refractivity contribution is 6.01. The fourth-order valence-electron chi connectivity index (χ4n) is 1.75. The Morgan fingerprint density at radius 2 is 2.00 bits per heavy atom. The van der Waals surface area contributed by atoms with Crippen molar-refractivity contribution in [1.82, 2.24) is 15.2 Å². The monoisotopic (exact) mass is 266 g/mol. The van der Waals surface area contributed by atoms with Crippen LogP contribution in [-0.4, -0.2) is 52.0 Å². The van der Waals surface area contributed by atoms with Crippen LogP contribution >= 0.6 is 0 Å². The first-order valence-electron chi connectivity index (χ1n) is 5.37. The SMILES string of the molecule is O=C1CN(CC(=O)c2cc([N+](=O)[O-])c[nH]2)CC(=O)N1. The van der Waals surface area contributed by atoms with Crippen molar-refractivity contribution in [2.75, 3.05) is 19.6 Å². The third-order valence-corrected chi connectivity index (χ3v) is 2.56. The lowest BCUT2D eigenvalue weighted by atomic mass is 10.2. The summed E-state index contributed by atoms with van der Waals surface area (Å²) in [5.41, 5.74) is -0.138. The van der Waals surface area contributed by atoms with Gasteiger partial charge in [-0.3, -0.25) is 34.7 Å². The number of piperazine rings is 1. The van der Waals surface area contributed by atoms with Crippen LogP contribution in [0.5, 0.6) is 0 Å². The van der Waals surface area contributed by atoms with E-state index in [1.54, 1.807) is 0 Å². The highest BCUT2D eigenvalue weighted by Crippen LogP contribution is 2.13. The summed E-state index contributed by atoms with van der Waals surface area (Å²) < 4.78 is 0. The lowest BCUT2D eigenvalue weighted by Crippen LogP contribution is -2.52. The second-order valence-corrected chi connectivity index (χ2v) is 4.07. The van der Waals surface area contributed by atoms with E-state index in [0.717, 1.165) is 12.3 Å². The van der Waals surface area contributed by atoms with Crippen LogP contribution in [0.1, 0.15) is 10.5 Å². The van der Waals surface area contributed by atoms with Crippen LogP contribution < -0.4 is 5.32 Å². The zero-order valence-electron chi connectivity index (χ0n) is 9.71. The molecule has 1 fully saturated rings. The lowest BCUT2D eigenvalue weighted by molar-refractivity contribution is -0.384. The van der Waals surface area contributed by atoms with E-state index < -0.39 is 22.5 Å². The van der Waals surface area contributed by atoms with E-state index >= 15 is 0 Å². The molecular formula is C10H10N4O5. The van der Waals surface area contributed by atoms with Crippen LogP contribution in [0.2, 0.25) is 0 Å². The number of carbonyl (C=O) groups excluding carboxylic acids is 3. The summed E-state index contributed by atoms with van der Waals surface area (Å²) >= 11 is 0. The van der Waals surface area contributed by atoms with Gasteiger partial charge in [0.05, 0.1) is 36.4 Å². The Kier molecular flexibility index (Phi) is 3.38. The minimum Gasteiger partial charge on any atom is -0.353 e. The molecule has 0 atom stereocenters. The number of H-pyrrole nitrogens is 1. The van der Waals surface area contributed by atoms with E-state index in [2.05, 4.69) is 10.3 Å². The van der Waals surface area contributed by atoms with Gasteiger partial charge in [-0.05, 0) is 0 Å². The topological polar surface area (TPSA) is 125 Å². The molecule has 2 amide bonds. The lowest BCUT2D eigenvalue weighted by Gasteiger charge is -2.24. The van der Waals surface area contributed by atoms with Crippen molar-refractivity contribution < 1.29 is 19.3 Å². The molecule has 9 nitrogen and oxygen atoms in total. The van der Waals surface area contributed by atoms with Crippen molar-refractivity contribution >= 4 is 23.3 Å². The molecule has 2 N–H and O–H groups in total. The van der Waals surface area contributed by atoms with Gasteiger partial charge in [-0.15, -0.1) is 0 Å². The van der Waals surface area contributed by atoms with Gasteiger partial charge in [0.15, 0.2) is 5.78 Å². The molecule has 1 aromatic heterocycles. The van der Waals surface area contributed by atoms with Crippen LogP contribution in [0.4, 0.5) is 5.69 Å². The first kappa shape index (κ1) is 12.9. The summed E-state index contributed by atoms with van der Waals surface area (Å²) in [6.07, 6.45) is 1.11. The van der Waals surface area contributed by atoms with Gasteiger partial charge in [-0.2, -0.15) is 0 Å². The number of amides is 2. The highest BCUT2D eigenvalue weighted by Gasteiger charge is 2.25. The Morgan fingerprint density at radius 3 is 2.53 bits per heavy atom. The molecule has 19 heavy (non-hydrogen) atoms. The number of hydrogen-bond acceptors (Lipinski definition) is 6. The Hall–Kier alpha value is -2.55. The van der Waals surface area contributed by atoms with Crippen molar-refractivity contribution in [3.8, 4) is 0 Å². The van der Waals surface area contributed by atoms with Gasteiger partial charge >= 0.3 is 0 Å². The Labute approximate surface area is 106 Å². The smallest absolute Gasteiger partial charge is 0.287 e. The van der Waals surface area contributed by atoms with E-state index in [0.29, 0.717) is 0 Å². The number of nitrogens with one attached hydrogen (secondary N) is 2. The molecular weight excluding hydrogens is 256 g/mol. The first-order chi connectivity index (χ1) is 8.95. The van der Waals surface area contributed by atoms with Gasteiger partial charge < -0.3 is 4.98 Å². The summed E-state index contributed by atoms with van der Waals surface area (Å²) in [6, 6.07) is 1.12. The molecule has 0 bridgehead atoms. The quantitative estimate of drug-likeness (QED) is 0.313. The zero-order chi connectivity index (χ0) is 14.0. The summed E-state index contributed by atoms with van der Waals surface area (Å²) in [7, 11) is 0. The number of carbonyl (C=O) groups is 3. The summed E-state index contributed by atoms with van der Waals surface area (Å²) in [5, 5.41) is 12.6. The fourth-order valence-corrected chi connectivity index (χ4v) is 1.75. The summed E-state index contributed by atoms with van der Waals surface area (Å²) in [4.78, 5) is 47.8. The van der Waals surface area contributed by atoms with E-state index in [-0.39, 0.29) is 31.0 Å². The third kappa shape index (κ3) is 3.01. The Morgan fingerprint density at radius 1 is 1.37 bits per heavy atom. The summed E-state index contributed by atoms with van der Waals surface area (Å²) in [5.74, 6) is -1.36. The van der Waals surface area contributed by atoms with Gasteiger partial charge in [-0.25, -0.2) is 0 Å². The second-order valence-electron chi connectivity index (χ2n) is 4.07. The molecule has 100 valence electrons. The fraction of sp³-hybridized carbons (Fsp3) is 0.300. The molecule has 1 aromatic rings. The molecule has 0 unspecified atom stereocenters. The van der Waals surface area contributed by atoms with Gasteiger partial charge in [-0.1, -0.05) is 0 Å². The standard InChI is InChI=1S/C10H10N4O5/c15-8(7-1-6(2-11-7)14(18)19)3-13-4-9(16)12-10(17)5-13/h1-2,11H,3-5H2,(H,12,16,17). The van der Waals surface area contributed by atoms with Crippen molar-refractivity contribution in [2.45, 2.75) is 0 Å². The zero-order valence-corrected chi connectivity index (χ0v) is 9.71. The Bertz CT molecular complexity index is 548. The molecule has 1 aliphatic rings. The van der Waals surface area contributed by atoms with E-state index in [4.69, 9.17) is 0 Å².